The van der Waals surface area contributed by atoms with Gasteiger partial charge in [0.25, 0.3) is 0 Å². The van der Waals surface area contributed by atoms with E-state index < -0.39 is 0 Å². The van der Waals surface area contributed by atoms with Crippen molar-refractivity contribution in [3.05, 3.63) is 59.2 Å². The van der Waals surface area contributed by atoms with E-state index in [4.69, 9.17) is 9.15 Å². The molecule has 0 spiro atoms. The van der Waals surface area contributed by atoms with E-state index in [1.165, 1.54) is 17.9 Å². The predicted octanol–water partition coefficient (Wildman–Crippen LogP) is 3.06. The van der Waals surface area contributed by atoms with Crippen molar-refractivity contribution < 1.29 is 13.9 Å². The van der Waals surface area contributed by atoms with Crippen LogP contribution in [0, 0.1) is 0 Å². The van der Waals surface area contributed by atoms with Gasteiger partial charge in [0.2, 0.25) is 0 Å². The van der Waals surface area contributed by atoms with Gasteiger partial charge in [0, 0.05) is 30.1 Å². The fraction of sp³-hybridized carbons (Fsp3) is 0.278. The number of carbonyl (C=O) groups is 1. The maximum Gasteiger partial charge on any atom is 0.303 e. The normalized spacial score (nSPS) is 17.2. The molecule has 1 aromatic carbocycles. The lowest BCUT2D eigenvalue weighted by atomic mass is 9.98. The third-order valence-corrected chi connectivity index (χ3v) is 4.24. The molecule has 0 saturated heterocycles. The second-order valence-electron chi connectivity index (χ2n) is 5.78. The number of furan rings is 1. The summed E-state index contributed by atoms with van der Waals surface area (Å²) < 4.78 is 10.9. The lowest BCUT2D eigenvalue weighted by Gasteiger charge is -2.22. The summed E-state index contributed by atoms with van der Waals surface area (Å²) in [5.41, 5.74) is 3.66. The van der Waals surface area contributed by atoms with Crippen LogP contribution in [0.5, 0.6) is 0 Å². The van der Waals surface area contributed by atoms with E-state index in [1.54, 1.807) is 0 Å². The van der Waals surface area contributed by atoms with Crippen LogP contribution in [-0.2, 0) is 22.6 Å². The molecule has 2 aromatic heterocycles. The summed E-state index contributed by atoms with van der Waals surface area (Å²) >= 11 is 0. The Morgan fingerprint density at radius 2 is 2.17 bits per heavy atom. The summed E-state index contributed by atoms with van der Waals surface area (Å²) in [5, 5.41) is 4.78. The number of aromatic amines is 1. The van der Waals surface area contributed by atoms with E-state index >= 15 is 0 Å². The minimum absolute atomic E-state index is 0.00257. The standard InChI is InChI=1S/C18H18N2O3/c1-11(21)22-10-12-6-7-16(23-12)18-17-14(8-9-19-18)13-4-2-3-5-15(13)20-17/h2-7,18-20H,8-10H2,1H3. The van der Waals surface area contributed by atoms with Gasteiger partial charge in [-0.15, -0.1) is 0 Å². The fourth-order valence-corrected chi connectivity index (χ4v) is 3.22. The van der Waals surface area contributed by atoms with Crippen LogP contribution in [0.1, 0.15) is 35.7 Å². The summed E-state index contributed by atoms with van der Waals surface area (Å²) in [7, 11) is 0. The lowest BCUT2D eigenvalue weighted by molar-refractivity contribution is -0.142. The molecule has 0 fully saturated rings. The van der Waals surface area contributed by atoms with Crippen molar-refractivity contribution in [1.82, 2.24) is 10.3 Å². The number of aromatic nitrogens is 1. The highest BCUT2D eigenvalue weighted by atomic mass is 16.5. The first-order valence-electron chi connectivity index (χ1n) is 7.77. The van der Waals surface area contributed by atoms with Crippen molar-refractivity contribution in [1.29, 1.82) is 0 Å². The van der Waals surface area contributed by atoms with Crippen LogP contribution >= 0.6 is 0 Å². The summed E-state index contributed by atoms with van der Waals surface area (Å²) in [6.45, 7) is 2.46. The molecule has 3 heterocycles. The molecule has 0 bridgehead atoms. The largest absolute Gasteiger partial charge is 0.460 e. The van der Waals surface area contributed by atoms with Gasteiger partial charge in [-0.05, 0) is 30.2 Å². The van der Waals surface area contributed by atoms with Crippen molar-refractivity contribution in [2.24, 2.45) is 0 Å². The molecule has 1 atom stereocenters. The zero-order chi connectivity index (χ0) is 15.8. The molecule has 1 unspecified atom stereocenters. The van der Waals surface area contributed by atoms with Crippen molar-refractivity contribution in [2.45, 2.75) is 26.0 Å². The molecule has 0 saturated carbocycles. The Morgan fingerprint density at radius 1 is 1.30 bits per heavy atom. The monoisotopic (exact) mass is 310 g/mol. The quantitative estimate of drug-likeness (QED) is 0.730. The van der Waals surface area contributed by atoms with E-state index in [0.717, 1.165) is 29.9 Å². The summed E-state index contributed by atoms with van der Waals surface area (Å²) in [6, 6.07) is 12.2. The Balaban J connectivity index is 1.68. The van der Waals surface area contributed by atoms with Crippen LogP contribution in [0.15, 0.2) is 40.8 Å². The van der Waals surface area contributed by atoms with Crippen LogP contribution in [0.4, 0.5) is 0 Å². The first-order chi connectivity index (χ1) is 11.2. The number of hydrogen-bond donors (Lipinski definition) is 2. The number of H-pyrrole nitrogens is 1. The van der Waals surface area contributed by atoms with Gasteiger partial charge in [-0.25, -0.2) is 0 Å². The average Bonchev–Trinajstić information content (AvgIpc) is 3.17. The molecule has 0 amide bonds. The number of rotatable bonds is 3. The molecule has 5 nitrogen and oxygen atoms in total. The van der Waals surface area contributed by atoms with E-state index in [-0.39, 0.29) is 18.6 Å². The van der Waals surface area contributed by atoms with Gasteiger partial charge in [-0.2, -0.15) is 0 Å². The Kier molecular flexibility index (Phi) is 3.42. The van der Waals surface area contributed by atoms with Gasteiger partial charge in [-0.3, -0.25) is 4.79 Å². The predicted molar refractivity (Wildman–Crippen MR) is 86.0 cm³/mol. The number of carbonyl (C=O) groups excluding carboxylic acids is 1. The first kappa shape index (κ1) is 14.1. The van der Waals surface area contributed by atoms with Crippen LogP contribution in [0.25, 0.3) is 10.9 Å². The number of benzene rings is 1. The molecule has 1 aliphatic heterocycles. The smallest absolute Gasteiger partial charge is 0.303 e. The first-order valence-corrected chi connectivity index (χ1v) is 7.77. The highest BCUT2D eigenvalue weighted by Crippen LogP contribution is 2.34. The molecule has 1 aliphatic rings. The number of fused-ring (bicyclic) bond motifs is 3. The Bertz CT molecular complexity index is 862. The molecule has 2 N–H and O–H groups in total. The average molecular weight is 310 g/mol. The summed E-state index contributed by atoms with van der Waals surface area (Å²) in [4.78, 5) is 14.4. The SMILES string of the molecule is CC(=O)OCc1ccc(C2NCCc3c2[nH]c2ccccc32)o1. The maximum absolute atomic E-state index is 10.9. The van der Waals surface area contributed by atoms with E-state index in [9.17, 15) is 4.79 Å². The Hall–Kier alpha value is -2.53. The topological polar surface area (TPSA) is 67.3 Å². The van der Waals surface area contributed by atoms with Gasteiger partial charge in [0.15, 0.2) is 0 Å². The molecule has 0 aliphatic carbocycles. The fourth-order valence-electron chi connectivity index (χ4n) is 3.22. The van der Waals surface area contributed by atoms with Crippen molar-refractivity contribution in [3.8, 4) is 0 Å². The van der Waals surface area contributed by atoms with Crippen molar-refractivity contribution in [3.63, 3.8) is 0 Å². The van der Waals surface area contributed by atoms with Crippen LogP contribution in [0.3, 0.4) is 0 Å². The van der Waals surface area contributed by atoms with Gasteiger partial charge in [-0.1, -0.05) is 18.2 Å². The number of ether oxygens (including phenoxy) is 1. The van der Waals surface area contributed by atoms with Crippen LogP contribution in [-0.4, -0.2) is 17.5 Å². The third-order valence-electron chi connectivity index (χ3n) is 4.24. The van der Waals surface area contributed by atoms with Crippen LogP contribution < -0.4 is 5.32 Å². The molecule has 0 radical (unpaired) electrons. The molecule has 3 aromatic rings. The van der Waals surface area contributed by atoms with E-state index in [1.807, 2.05) is 18.2 Å². The minimum atomic E-state index is -0.309. The molecular weight excluding hydrogens is 292 g/mol. The number of hydrogen-bond acceptors (Lipinski definition) is 4. The Morgan fingerprint density at radius 3 is 3.04 bits per heavy atom. The number of para-hydroxylation sites is 1. The molecular formula is C18H18N2O3. The highest BCUT2D eigenvalue weighted by Gasteiger charge is 2.27. The summed E-state index contributed by atoms with van der Waals surface area (Å²) in [5.74, 6) is 1.18. The number of nitrogens with one attached hydrogen (secondary N) is 2. The minimum Gasteiger partial charge on any atom is -0.460 e. The molecule has 118 valence electrons. The lowest BCUT2D eigenvalue weighted by Crippen LogP contribution is -2.30. The second kappa shape index (κ2) is 5.59. The van der Waals surface area contributed by atoms with Gasteiger partial charge < -0.3 is 19.5 Å². The molecule has 5 heteroatoms. The van der Waals surface area contributed by atoms with Crippen molar-refractivity contribution in [2.75, 3.05) is 6.54 Å². The maximum atomic E-state index is 10.9. The number of esters is 1. The van der Waals surface area contributed by atoms with Crippen molar-refractivity contribution >= 4 is 16.9 Å². The van der Waals surface area contributed by atoms with Gasteiger partial charge in [0.1, 0.15) is 24.2 Å². The second-order valence-corrected chi connectivity index (χ2v) is 5.78. The summed E-state index contributed by atoms with van der Waals surface area (Å²) in [6.07, 6.45) is 0.997. The van der Waals surface area contributed by atoms with E-state index in [2.05, 4.69) is 28.5 Å². The molecule has 4 rings (SSSR count). The third kappa shape index (κ3) is 2.53. The van der Waals surface area contributed by atoms with Gasteiger partial charge in [0.05, 0.1) is 0 Å². The van der Waals surface area contributed by atoms with E-state index in [0.29, 0.717) is 5.76 Å². The van der Waals surface area contributed by atoms with Gasteiger partial charge >= 0.3 is 5.97 Å². The zero-order valence-corrected chi connectivity index (χ0v) is 12.9. The zero-order valence-electron chi connectivity index (χ0n) is 12.9. The Labute approximate surface area is 133 Å². The highest BCUT2D eigenvalue weighted by molar-refractivity contribution is 5.85. The van der Waals surface area contributed by atoms with Crippen LogP contribution in [0.2, 0.25) is 0 Å². The molecule has 23 heavy (non-hydrogen) atoms.